The highest BCUT2D eigenvalue weighted by Crippen LogP contribution is 2.44. The zero-order valence-corrected chi connectivity index (χ0v) is 24.0. The number of carbonyl (C=O) groups excluding carboxylic acids is 2. The lowest BCUT2D eigenvalue weighted by molar-refractivity contribution is -0.132. The van der Waals surface area contributed by atoms with Crippen molar-refractivity contribution in [2.45, 2.75) is 42.3 Å². The van der Waals surface area contributed by atoms with E-state index in [1.807, 2.05) is 6.07 Å². The van der Waals surface area contributed by atoms with Crippen molar-refractivity contribution in [2.24, 2.45) is 0 Å². The van der Waals surface area contributed by atoms with Crippen molar-refractivity contribution in [3.8, 4) is 5.75 Å². The van der Waals surface area contributed by atoms with E-state index in [1.165, 1.54) is 40.1 Å². The molecule has 1 atom stereocenters. The molecular weight excluding hydrogens is 561 g/mol. The van der Waals surface area contributed by atoms with Gasteiger partial charge >= 0.3 is 5.91 Å². The number of aliphatic hydroxyl groups is 1. The zero-order valence-electron chi connectivity index (χ0n) is 22.3. The van der Waals surface area contributed by atoms with Crippen molar-refractivity contribution < 1.29 is 23.8 Å². The van der Waals surface area contributed by atoms with E-state index in [0.29, 0.717) is 33.6 Å². The van der Waals surface area contributed by atoms with Crippen molar-refractivity contribution >= 4 is 45.7 Å². The molecule has 1 aliphatic rings. The van der Waals surface area contributed by atoms with Crippen LogP contribution in [0.5, 0.6) is 5.75 Å². The first kappa shape index (κ1) is 28.5. The summed E-state index contributed by atoms with van der Waals surface area (Å²) in [5, 5.41) is 20.0. The summed E-state index contributed by atoms with van der Waals surface area (Å²) in [6, 6.07) is 21.1. The highest BCUT2D eigenvalue weighted by molar-refractivity contribution is 8.00. The number of halogens is 1. The van der Waals surface area contributed by atoms with Gasteiger partial charge in [0.05, 0.1) is 18.2 Å². The summed E-state index contributed by atoms with van der Waals surface area (Å²) in [4.78, 5) is 28.2. The quantitative estimate of drug-likeness (QED) is 0.0495. The summed E-state index contributed by atoms with van der Waals surface area (Å²) in [5.74, 6) is -1.03. The van der Waals surface area contributed by atoms with Crippen LogP contribution < -0.4 is 9.64 Å². The molecule has 7 nitrogen and oxygen atoms in total. The van der Waals surface area contributed by atoms with Gasteiger partial charge in [-0.05, 0) is 41.8 Å². The molecule has 1 aromatic heterocycles. The van der Waals surface area contributed by atoms with Crippen molar-refractivity contribution in [1.29, 1.82) is 0 Å². The molecule has 1 saturated heterocycles. The van der Waals surface area contributed by atoms with Gasteiger partial charge in [-0.2, -0.15) is 0 Å². The number of amides is 1. The number of carbonyl (C=O) groups is 2. The topological polar surface area (TPSA) is 92.6 Å². The third kappa shape index (κ3) is 6.49. The molecule has 1 aliphatic heterocycles. The number of rotatable bonds is 11. The summed E-state index contributed by atoms with van der Waals surface area (Å²) in [7, 11) is 0. The lowest BCUT2D eigenvalue weighted by atomic mass is 9.95. The van der Waals surface area contributed by atoms with Crippen LogP contribution in [0.25, 0.3) is 5.76 Å². The van der Waals surface area contributed by atoms with Gasteiger partial charge in [-0.25, -0.2) is 4.39 Å². The van der Waals surface area contributed by atoms with Crippen LogP contribution in [0, 0.1) is 5.82 Å². The van der Waals surface area contributed by atoms with E-state index in [9.17, 15) is 19.1 Å². The first-order chi connectivity index (χ1) is 20.0. The van der Waals surface area contributed by atoms with Gasteiger partial charge in [-0.1, -0.05) is 97.5 Å². The summed E-state index contributed by atoms with van der Waals surface area (Å²) in [5.41, 5.74) is 1.91. The van der Waals surface area contributed by atoms with Gasteiger partial charge < -0.3 is 9.84 Å². The maximum Gasteiger partial charge on any atom is 0.301 e. The molecule has 1 N–H and O–H groups in total. The number of aliphatic hydroxyl groups excluding tert-OH is 1. The van der Waals surface area contributed by atoms with Gasteiger partial charge in [-0.3, -0.25) is 14.5 Å². The number of hydrogen-bond acceptors (Lipinski definition) is 8. The number of Topliss-reactive ketones (excluding diaryl/α,β-unsaturated/α-hetero) is 1. The Morgan fingerprint density at radius 1 is 1.02 bits per heavy atom. The molecule has 0 saturated carbocycles. The molecule has 210 valence electrons. The van der Waals surface area contributed by atoms with E-state index in [-0.39, 0.29) is 22.3 Å². The van der Waals surface area contributed by atoms with Crippen LogP contribution in [0.4, 0.5) is 9.52 Å². The second-order valence-electron chi connectivity index (χ2n) is 9.43. The first-order valence-electron chi connectivity index (χ1n) is 13.3. The smallest absolute Gasteiger partial charge is 0.301 e. The lowest BCUT2D eigenvalue weighted by Gasteiger charge is -2.23. The molecule has 1 fully saturated rings. The standard InChI is InChI=1S/C31H28FN3O4S2/c1-2-3-7-17-39-24-12-8-11-22(18-24)26-25(27(36)21-9-5-4-6-10-21)28(37)29(38)35(26)30-33-34-31(41-30)40-19-20-13-15-23(32)16-14-20/h4-6,8-16,18,26,36H,2-3,7,17,19H2,1H3. The molecule has 1 unspecified atom stereocenters. The molecule has 2 heterocycles. The number of unbranched alkanes of at least 4 members (excludes halogenated alkanes) is 2. The van der Waals surface area contributed by atoms with Gasteiger partial charge in [0.15, 0.2) is 4.34 Å². The summed E-state index contributed by atoms with van der Waals surface area (Å²) >= 11 is 2.57. The average molecular weight is 590 g/mol. The minimum Gasteiger partial charge on any atom is -0.507 e. The molecular formula is C31H28FN3O4S2. The molecule has 0 bridgehead atoms. The Morgan fingerprint density at radius 2 is 1.80 bits per heavy atom. The monoisotopic (exact) mass is 589 g/mol. The van der Waals surface area contributed by atoms with Gasteiger partial charge in [0, 0.05) is 11.3 Å². The Bertz CT molecular complexity index is 1560. The minimum absolute atomic E-state index is 0.0277. The average Bonchev–Trinajstić information content (AvgIpc) is 3.57. The van der Waals surface area contributed by atoms with Crippen LogP contribution in [0.15, 0.2) is 88.8 Å². The van der Waals surface area contributed by atoms with Crippen LogP contribution >= 0.6 is 23.1 Å². The number of ketones is 1. The highest BCUT2D eigenvalue weighted by Gasteiger charge is 2.48. The van der Waals surface area contributed by atoms with E-state index >= 15 is 0 Å². The van der Waals surface area contributed by atoms with E-state index in [1.54, 1.807) is 60.7 Å². The van der Waals surface area contributed by atoms with Crippen molar-refractivity contribution in [1.82, 2.24) is 10.2 Å². The zero-order chi connectivity index (χ0) is 28.8. The van der Waals surface area contributed by atoms with Gasteiger partial charge in [-0.15, -0.1) is 10.2 Å². The fourth-order valence-corrected chi connectivity index (χ4v) is 6.32. The number of hydrogen-bond donors (Lipinski definition) is 1. The predicted molar refractivity (Wildman–Crippen MR) is 159 cm³/mol. The molecule has 4 aromatic rings. The molecule has 0 spiro atoms. The Morgan fingerprint density at radius 3 is 2.56 bits per heavy atom. The van der Waals surface area contributed by atoms with Gasteiger partial charge in [0.2, 0.25) is 5.13 Å². The lowest BCUT2D eigenvalue weighted by Crippen LogP contribution is -2.29. The summed E-state index contributed by atoms with van der Waals surface area (Å²) in [6.45, 7) is 2.67. The number of thioether (sulfide) groups is 1. The SMILES string of the molecule is CCCCCOc1cccc(C2C(=C(O)c3ccccc3)C(=O)C(=O)N2c2nnc(SCc3ccc(F)cc3)s2)c1. The summed E-state index contributed by atoms with van der Waals surface area (Å²) in [6.07, 6.45) is 3.04. The third-order valence-electron chi connectivity index (χ3n) is 6.56. The van der Waals surface area contributed by atoms with E-state index in [0.717, 1.165) is 24.8 Å². The molecule has 5 rings (SSSR count). The van der Waals surface area contributed by atoms with E-state index in [2.05, 4.69) is 17.1 Å². The Hall–Kier alpha value is -4.02. The highest BCUT2D eigenvalue weighted by atomic mass is 32.2. The maximum atomic E-state index is 13.5. The van der Waals surface area contributed by atoms with E-state index in [4.69, 9.17) is 4.74 Å². The Balaban J connectivity index is 1.50. The number of aromatic nitrogens is 2. The van der Waals surface area contributed by atoms with Crippen molar-refractivity contribution in [3.05, 3.63) is 107 Å². The number of nitrogens with zero attached hydrogens (tertiary/aromatic N) is 3. The Labute approximate surface area is 245 Å². The fourth-order valence-electron chi connectivity index (χ4n) is 4.50. The van der Waals surface area contributed by atoms with Gasteiger partial charge in [0.1, 0.15) is 17.3 Å². The van der Waals surface area contributed by atoms with Crippen LogP contribution in [-0.2, 0) is 15.3 Å². The van der Waals surface area contributed by atoms with Crippen LogP contribution in [-0.4, -0.2) is 33.6 Å². The van der Waals surface area contributed by atoms with Crippen LogP contribution in [0.1, 0.15) is 48.9 Å². The normalized spacial score (nSPS) is 16.3. The first-order valence-corrected chi connectivity index (χ1v) is 15.1. The number of ether oxygens (including phenoxy) is 1. The van der Waals surface area contributed by atoms with Crippen molar-refractivity contribution in [2.75, 3.05) is 11.5 Å². The minimum atomic E-state index is -0.933. The molecule has 0 aliphatic carbocycles. The fraction of sp³-hybridized carbons (Fsp3) is 0.226. The van der Waals surface area contributed by atoms with E-state index < -0.39 is 17.7 Å². The molecule has 41 heavy (non-hydrogen) atoms. The molecule has 1 amide bonds. The number of anilines is 1. The maximum absolute atomic E-state index is 13.5. The molecule has 0 radical (unpaired) electrons. The molecule has 10 heteroatoms. The Kier molecular flexibility index (Phi) is 9.11. The second-order valence-corrected chi connectivity index (χ2v) is 11.6. The van der Waals surface area contributed by atoms with Crippen LogP contribution in [0.3, 0.4) is 0 Å². The summed E-state index contributed by atoms with van der Waals surface area (Å²) < 4.78 is 19.8. The predicted octanol–water partition coefficient (Wildman–Crippen LogP) is 7.16. The van der Waals surface area contributed by atoms with Crippen molar-refractivity contribution in [3.63, 3.8) is 0 Å². The van der Waals surface area contributed by atoms with Gasteiger partial charge in [0.25, 0.3) is 5.78 Å². The second kappa shape index (κ2) is 13.1. The van der Waals surface area contributed by atoms with Crippen LogP contribution in [0.2, 0.25) is 0 Å². The largest absolute Gasteiger partial charge is 0.507 e. The molecule has 3 aromatic carbocycles. The third-order valence-corrected chi connectivity index (χ3v) is 8.69. The number of benzene rings is 3.